The average Bonchev–Trinajstić information content (AvgIpc) is 3.08. The third-order valence-electron chi connectivity index (χ3n) is 3.44. The molecule has 0 bridgehead atoms. The topological polar surface area (TPSA) is 109 Å². The number of aliphatic hydroxyl groups is 4. The highest BCUT2D eigenvalue weighted by Crippen LogP contribution is 2.27. The highest BCUT2D eigenvalue weighted by atomic mass is 32.1. The monoisotopic (exact) mass is 351 g/mol. The second-order valence-corrected chi connectivity index (χ2v) is 6.24. The van der Waals surface area contributed by atoms with Crippen molar-refractivity contribution in [1.82, 2.24) is 4.98 Å². The van der Waals surface area contributed by atoms with Crippen molar-refractivity contribution in [2.75, 3.05) is 18.7 Å². The van der Waals surface area contributed by atoms with E-state index in [0.717, 1.165) is 17.5 Å². The summed E-state index contributed by atoms with van der Waals surface area (Å²) in [5.41, 5.74) is 3.00. The lowest BCUT2D eigenvalue weighted by atomic mass is 10.1. The Hall–Kier alpha value is -1.84. The van der Waals surface area contributed by atoms with Crippen LogP contribution in [0.3, 0.4) is 0 Å². The van der Waals surface area contributed by atoms with Gasteiger partial charge in [-0.1, -0.05) is 29.8 Å². The van der Waals surface area contributed by atoms with Gasteiger partial charge in [-0.2, -0.15) is 5.10 Å². The van der Waals surface area contributed by atoms with Gasteiger partial charge in [-0.3, -0.25) is 0 Å². The Morgan fingerprint density at radius 1 is 1.25 bits per heavy atom. The van der Waals surface area contributed by atoms with Gasteiger partial charge in [0, 0.05) is 18.0 Å². The molecule has 0 amide bonds. The van der Waals surface area contributed by atoms with E-state index in [9.17, 15) is 15.3 Å². The molecule has 1 aromatic carbocycles. The molecule has 0 saturated carbocycles. The minimum absolute atomic E-state index is 0.617. The molecule has 0 spiro atoms. The number of hydrogen-bond donors (Lipinski definition) is 4. The first-order valence-electron chi connectivity index (χ1n) is 7.38. The summed E-state index contributed by atoms with van der Waals surface area (Å²) in [4.78, 5) is 4.48. The van der Waals surface area contributed by atoms with Gasteiger partial charge < -0.3 is 20.4 Å². The van der Waals surface area contributed by atoms with E-state index >= 15 is 0 Å². The minimum atomic E-state index is -1.51. The van der Waals surface area contributed by atoms with Crippen molar-refractivity contribution >= 4 is 22.7 Å². The zero-order chi connectivity index (χ0) is 17.7. The number of thiazole rings is 1. The van der Waals surface area contributed by atoms with Gasteiger partial charge in [0.15, 0.2) is 0 Å². The molecule has 0 aliphatic carbocycles. The molecule has 0 aliphatic rings. The number of aliphatic hydroxyl groups excluding tert-OH is 4. The minimum Gasteiger partial charge on any atom is -0.394 e. The van der Waals surface area contributed by atoms with Crippen LogP contribution in [0, 0.1) is 6.92 Å². The largest absolute Gasteiger partial charge is 0.394 e. The zero-order valence-corrected chi connectivity index (χ0v) is 14.3. The van der Waals surface area contributed by atoms with Gasteiger partial charge in [0.2, 0.25) is 5.13 Å². The second-order valence-electron chi connectivity index (χ2n) is 5.40. The Morgan fingerprint density at radius 2 is 1.92 bits per heavy atom. The van der Waals surface area contributed by atoms with E-state index in [2.05, 4.69) is 10.1 Å². The smallest absolute Gasteiger partial charge is 0.206 e. The second kappa shape index (κ2) is 8.32. The van der Waals surface area contributed by atoms with E-state index in [1.807, 2.05) is 36.6 Å². The number of hydrogen-bond acceptors (Lipinski definition) is 8. The maximum Gasteiger partial charge on any atom is 0.206 e. The molecule has 130 valence electrons. The van der Waals surface area contributed by atoms with Gasteiger partial charge in [0.1, 0.15) is 18.3 Å². The quantitative estimate of drug-likeness (QED) is 0.430. The molecular weight excluding hydrogens is 330 g/mol. The summed E-state index contributed by atoms with van der Waals surface area (Å²) in [6.07, 6.45) is -3.24. The molecule has 0 saturated heterocycles. The van der Waals surface area contributed by atoms with Gasteiger partial charge in [-0.25, -0.2) is 9.99 Å². The number of hydrazone groups is 1. The molecule has 8 heteroatoms. The Morgan fingerprint density at radius 3 is 2.54 bits per heavy atom. The molecule has 1 aromatic heterocycles. The molecule has 4 N–H and O–H groups in total. The molecule has 0 radical (unpaired) electrons. The first-order chi connectivity index (χ1) is 11.4. The number of aryl methyl sites for hydroxylation is 1. The molecule has 7 nitrogen and oxygen atoms in total. The Labute approximate surface area is 144 Å². The van der Waals surface area contributed by atoms with Crippen molar-refractivity contribution in [3.8, 4) is 11.3 Å². The van der Waals surface area contributed by atoms with Crippen LogP contribution < -0.4 is 5.01 Å². The van der Waals surface area contributed by atoms with Crippen molar-refractivity contribution in [1.29, 1.82) is 0 Å². The lowest BCUT2D eigenvalue weighted by Gasteiger charge is -2.18. The average molecular weight is 351 g/mol. The molecule has 2 rings (SSSR count). The number of benzene rings is 1. The van der Waals surface area contributed by atoms with E-state index in [-0.39, 0.29) is 0 Å². The summed E-state index contributed by atoms with van der Waals surface area (Å²) < 4.78 is 0. The Bertz CT molecular complexity index is 674. The van der Waals surface area contributed by atoms with Crippen molar-refractivity contribution in [3.05, 3.63) is 35.2 Å². The summed E-state index contributed by atoms with van der Waals surface area (Å²) in [6.45, 7) is 1.38. The zero-order valence-electron chi connectivity index (χ0n) is 13.4. The van der Waals surface area contributed by atoms with E-state index < -0.39 is 24.9 Å². The molecule has 0 aliphatic heterocycles. The van der Waals surface area contributed by atoms with Crippen LogP contribution in [0.15, 0.2) is 34.7 Å². The first-order valence-corrected chi connectivity index (χ1v) is 8.25. The van der Waals surface area contributed by atoms with Crippen molar-refractivity contribution < 1.29 is 20.4 Å². The van der Waals surface area contributed by atoms with E-state index in [0.29, 0.717) is 5.13 Å². The first kappa shape index (κ1) is 18.5. The number of nitrogens with zero attached hydrogens (tertiary/aromatic N) is 3. The molecular formula is C16H21N3O4S. The molecule has 0 unspecified atom stereocenters. The van der Waals surface area contributed by atoms with Gasteiger partial charge in [0.05, 0.1) is 18.5 Å². The van der Waals surface area contributed by atoms with Crippen LogP contribution in [0.4, 0.5) is 5.13 Å². The normalized spacial score (nSPS) is 15.4. The van der Waals surface area contributed by atoms with Crippen molar-refractivity contribution in [2.45, 2.75) is 25.2 Å². The fraction of sp³-hybridized carbons (Fsp3) is 0.375. The van der Waals surface area contributed by atoms with Crippen LogP contribution in [0.1, 0.15) is 5.56 Å². The van der Waals surface area contributed by atoms with Crippen molar-refractivity contribution in [2.24, 2.45) is 5.10 Å². The summed E-state index contributed by atoms with van der Waals surface area (Å²) in [5, 5.41) is 45.3. The Kier molecular flexibility index (Phi) is 6.41. The van der Waals surface area contributed by atoms with Crippen molar-refractivity contribution in [3.63, 3.8) is 0 Å². The molecule has 2 aromatic rings. The highest BCUT2D eigenvalue weighted by Gasteiger charge is 2.22. The van der Waals surface area contributed by atoms with Crippen LogP contribution in [0.5, 0.6) is 0 Å². The summed E-state index contributed by atoms with van der Waals surface area (Å²) in [5.74, 6) is 0. The summed E-state index contributed by atoms with van der Waals surface area (Å²) >= 11 is 1.40. The maximum atomic E-state index is 9.71. The van der Waals surface area contributed by atoms with Crippen LogP contribution in [-0.4, -0.2) is 63.6 Å². The van der Waals surface area contributed by atoms with Crippen LogP contribution in [-0.2, 0) is 0 Å². The van der Waals surface area contributed by atoms with Gasteiger partial charge >= 0.3 is 0 Å². The molecule has 3 atom stereocenters. The fourth-order valence-corrected chi connectivity index (χ4v) is 2.67. The number of rotatable bonds is 7. The third kappa shape index (κ3) is 4.59. The van der Waals surface area contributed by atoms with Crippen LogP contribution >= 0.6 is 11.3 Å². The predicted octanol–water partition coefficient (Wildman–Crippen LogP) is 0.616. The Balaban J connectivity index is 2.04. The van der Waals surface area contributed by atoms with Gasteiger partial charge in [-0.15, -0.1) is 11.3 Å². The van der Waals surface area contributed by atoms with E-state index in [4.69, 9.17) is 5.11 Å². The molecule has 24 heavy (non-hydrogen) atoms. The predicted molar refractivity (Wildman–Crippen MR) is 94.3 cm³/mol. The summed E-state index contributed by atoms with van der Waals surface area (Å²) in [6, 6.07) is 8.02. The van der Waals surface area contributed by atoms with E-state index in [1.165, 1.54) is 21.9 Å². The van der Waals surface area contributed by atoms with Crippen LogP contribution in [0.25, 0.3) is 11.3 Å². The summed E-state index contributed by atoms with van der Waals surface area (Å²) in [7, 11) is 1.66. The van der Waals surface area contributed by atoms with E-state index in [1.54, 1.807) is 7.05 Å². The molecule has 1 heterocycles. The highest BCUT2D eigenvalue weighted by molar-refractivity contribution is 7.14. The lowest BCUT2D eigenvalue weighted by Crippen LogP contribution is -2.40. The van der Waals surface area contributed by atoms with Gasteiger partial charge in [-0.05, 0) is 6.92 Å². The SMILES string of the molecule is Cc1ccc(-c2csc(N(C)/N=C/[C@H](O)[C@@H](O)[C@@H](O)CO)n2)cc1. The standard InChI is InChI=1S/C16H21N3O4S/c1-10-3-5-11(6-4-10)12-9-24-16(18-12)19(2)17-7-13(21)15(23)14(22)8-20/h3-7,9,13-15,20-23H,8H2,1-2H3/b17-7+/t13-,14-,15+/m0/s1. The third-order valence-corrected chi connectivity index (χ3v) is 4.35. The molecule has 0 fully saturated rings. The van der Waals surface area contributed by atoms with Crippen LogP contribution in [0.2, 0.25) is 0 Å². The lowest BCUT2D eigenvalue weighted by molar-refractivity contribution is -0.0541. The number of anilines is 1. The maximum absolute atomic E-state index is 9.71. The van der Waals surface area contributed by atoms with Gasteiger partial charge in [0.25, 0.3) is 0 Å². The number of aromatic nitrogens is 1. The fourth-order valence-electron chi connectivity index (χ4n) is 1.91.